The molecule has 60 valence electrons. The van der Waals surface area contributed by atoms with Crippen LogP contribution in [-0.4, -0.2) is 17.5 Å². The summed E-state index contributed by atoms with van der Waals surface area (Å²) >= 11 is 0. The Morgan fingerprint density at radius 2 is 1.90 bits per heavy atom. The van der Waals surface area contributed by atoms with Gasteiger partial charge in [-0.3, -0.25) is 9.80 Å². The first kappa shape index (κ1) is 9.43. The molecule has 0 radical (unpaired) electrons. The van der Waals surface area contributed by atoms with E-state index in [4.69, 9.17) is 5.84 Å². The predicted molar refractivity (Wildman–Crippen MR) is 41.0 cm³/mol. The van der Waals surface area contributed by atoms with Crippen LogP contribution in [0.4, 0.5) is 0 Å². The average molecular weight is 144 g/mol. The van der Waals surface area contributed by atoms with Crippen LogP contribution in [0, 0.1) is 5.41 Å². The smallest absolute Gasteiger partial charge is 0.241 e. The van der Waals surface area contributed by atoms with Gasteiger partial charge in [-0.05, 0) is 6.92 Å². The van der Waals surface area contributed by atoms with Gasteiger partial charge in [-0.1, -0.05) is 20.8 Å². The lowest BCUT2D eigenvalue weighted by atomic mass is 9.95. The molecule has 0 aliphatic carbocycles. The van der Waals surface area contributed by atoms with Crippen LogP contribution in [0.15, 0.2) is 0 Å². The summed E-state index contributed by atoms with van der Waals surface area (Å²) in [5.74, 6) is 5.37. The van der Waals surface area contributed by atoms with E-state index in [9.17, 15) is 4.79 Å². The number of carbonyl (C=O) groups excluding carboxylic acids is 1. The number of rotatable bonds is 1. The number of hydrogen-bond donors (Lipinski definition) is 1. The topological polar surface area (TPSA) is 46.3 Å². The fourth-order valence-corrected chi connectivity index (χ4v) is 0.574. The van der Waals surface area contributed by atoms with Gasteiger partial charge in [0, 0.05) is 12.0 Å². The molecule has 0 spiro atoms. The van der Waals surface area contributed by atoms with Crippen molar-refractivity contribution in [3.05, 3.63) is 0 Å². The van der Waals surface area contributed by atoms with Gasteiger partial charge in [-0.25, -0.2) is 5.84 Å². The third-order valence-electron chi connectivity index (χ3n) is 1.24. The third kappa shape index (κ3) is 2.35. The minimum Gasteiger partial charge on any atom is -0.281 e. The lowest BCUT2D eigenvalue weighted by molar-refractivity contribution is -0.139. The van der Waals surface area contributed by atoms with Gasteiger partial charge in [-0.15, -0.1) is 0 Å². The SMILES string of the molecule is CCN(N)C(=O)C(C)(C)C. The van der Waals surface area contributed by atoms with Gasteiger partial charge >= 0.3 is 0 Å². The van der Waals surface area contributed by atoms with Crippen molar-refractivity contribution >= 4 is 5.91 Å². The zero-order valence-corrected chi connectivity index (χ0v) is 7.14. The van der Waals surface area contributed by atoms with Crippen molar-refractivity contribution in [1.29, 1.82) is 0 Å². The summed E-state index contributed by atoms with van der Waals surface area (Å²) in [5.41, 5.74) is -0.356. The van der Waals surface area contributed by atoms with Crippen LogP contribution in [0.1, 0.15) is 27.7 Å². The number of nitrogens with two attached hydrogens (primary N) is 1. The van der Waals surface area contributed by atoms with Crippen LogP contribution in [-0.2, 0) is 4.79 Å². The Balaban J connectivity index is 4.09. The Kier molecular flexibility index (Phi) is 2.84. The molecule has 0 bridgehead atoms. The highest BCUT2D eigenvalue weighted by molar-refractivity contribution is 5.80. The lowest BCUT2D eigenvalue weighted by Crippen LogP contribution is -2.43. The van der Waals surface area contributed by atoms with Crippen LogP contribution in [0.3, 0.4) is 0 Å². The van der Waals surface area contributed by atoms with E-state index in [-0.39, 0.29) is 11.3 Å². The van der Waals surface area contributed by atoms with Crippen LogP contribution in [0.2, 0.25) is 0 Å². The largest absolute Gasteiger partial charge is 0.281 e. The average Bonchev–Trinajstić information content (AvgIpc) is 1.83. The van der Waals surface area contributed by atoms with Gasteiger partial charge in [0.1, 0.15) is 0 Å². The zero-order chi connectivity index (χ0) is 8.36. The molecule has 0 fully saturated rings. The van der Waals surface area contributed by atoms with E-state index in [1.165, 1.54) is 5.01 Å². The van der Waals surface area contributed by atoms with Crippen molar-refractivity contribution in [3.8, 4) is 0 Å². The Hall–Kier alpha value is -0.570. The fraction of sp³-hybridized carbons (Fsp3) is 0.857. The molecule has 0 heterocycles. The molecule has 0 aromatic carbocycles. The monoisotopic (exact) mass is 144 g/mol. The number of carbonyl (C=O) groups is 1. The van der Waals surface area contributed by atoms with E-state index >= 15 is 0 Å². The van der Waals surface area contributed by atoms with E-state index < -0.39 is 0 Å². The molecule has 0 aromatic heterocycles. The lowest BCUT2D eigenvalue weighted by Gasteiger charge is -2.23. The summed E-state index contributed by atoms with van der Waals surface area (Å²) in [5, 5.41) is 1.24. The highest BCUT2D eigenvalue weighted by Crippen LogP contribution is 2.14. The second-order valence-corrected chi connectivity index (χ2v) is 3.34. The minimum atomic E-state index is -0.356. The molecule has 0 saturated heterocycles. The van der Waals surface area contributed by atoms with Gasteiger partial charge in [0.15, 0.2) is 0 Å². The van der Waals surface area contributed by atoms with Gasteiger partial charge in [0.2, 0.25) is 5.91 Å². The molecule has 0 rings (SSSR count). The first-order valence-corrected chi connectivity index (χ1v) is 3.46. The first-order valence-electron chi connectivity index (χ1n) is 3.46. The maximum Gasteiger partial charge on any atom is 0.241 e. The van der Waals surface area contributed by atoms with Crippen molar-refractivity contribution in [3.63, 3.8) is 0 Å². The van der Waals surface area contributed by atoms with Crippen LogP contribution in [0.25, 0.3) is 0 Å². The van der Waals surface area contributed by atoms with Crippen molar-refractivity contribution in [2.24, 2.45) is 11.3 Å². The van der Waals surface area contributed by atoms with Gasteiger partial charge in [0.05, 0.1) is 0 Å². The molecule has 0 aromatic rings. The van der Waals surface area contributed by atoms with Crippen molar-refractivity contribution in [1.82, 2.24) is 5.01 Å². The highest BCUT2D eigenvalue weighted by atomic mass is 16.2. The third-order valence-corrected chi connectivity index (χ3v) is 1.24. The molecular weight excluding hydrogens is 128 g/mol. The number of hydrogen-bond acceptors (Lipinski definition) is 2. The summed E-state index contributed by atoms with van der Waals surface area (Å²) in [4.78, 5) is 11.2. The van der Waals surface area contributed by atoms with E-state index in [1.54, 1.807) is 0 Å². The Bertz CT molecular complexity index is 126. The Morgan fingerprint density at radius 3 is 2.00 bits per heavy atom. The second-order valence-electron chi connectivity index (χ2n) is 3.34. The summed E-state index contributed by atoms with van der Waals surface area (Å²) in [7, 11) is 0. The molecule has 10 heavy (non-hydrogen) atoms. The summed E-state index contributed by atoms with van der Waals surface area (Å²) in [6.45, 7) is 7.97. The van der Waals surface area contributed by atoms with E-state index in [0.717, 1.165) is 0 Å². The molecule has 0 aliphatic heterocycles. The Morgan fingerprint density at radius 1 is 1.50 bits per heavy atom. The standard InChI is InChI=1S/C7H16N2O/c1-5-9(8)6(10)7(2,3)4/h5,8H2,1-4H3. The maximum atomic E-state index is 11.2. The van der Waals surface area contributed by atoms with Crippen LogP contribution in [0.5, 0.6) is 0 Å². The van der Waals surface area contributed by atoms with E-state index in [1.807, 2.05) is 27.7 Å². The normalized spacial score (nSPS) is 11.3. The fourth-order valence-electron chi connectivity index (χ4n) is 0.574. The van der Waals surface area contributed by atoms with Crippen LogP contribution >= 0.6 is 0 Å². The predicted octanol–water partition coefficient (Wildman–Crippen LogP) is 0.755. The molecule has 0 unspecified atom stereocenters. The quantitative estimate of drug-likeness (QED) is 0.335. The van der Waals surface area contributed by atoms with Crippen molar-refractivity contribution < 1.29 is 4.79 Å². The number of hydrazine groups is 1. The molecular formula is C7H16N2O. The van der Waals surface area contributed by atoms with E-state index in [2.05, 4.69) is 0 Å². The van der Waals surface area contributed by atoms with E-state index in [0.29, 0.717) is 6.54 Å². The molecule has 0 atom stereocenters. The van der Waals surface area contributed by atoms with Gasteiger partial charge in [-0.2, -0.15) is 0 Å². The minimum absolute atomic E-state index is 0.0185. The maximum absolute atomic E-state index is 11.2. The summed E-state index contributed by atoms with van der Waals surface area (Å²) in [6.07, 6.45) is 0. The number of amides is 1. The number of nitrogens with zero attached hydrogens (tertiary/aromatic N) is 1. The molecule has 2 N–H and O–H groups in total. The van der Waals surface area contributed by atoms with Gasteiger partial charge < -0.3 is 0 Å². The van der Waals surface area contributed by atoms with Gasteiger partial charge in [0.25, 0.3) is 0 Å². The molecule has 3 nitrogen and oxygen atoms in total. The Labute approximate surface area is 62.2 Å². The molecule has 0 aliphatic rings. The molecule has 1 amide bonds. The zero-order valence-electron chi connectivity index (χ0n) is 7.14. The van der Waals surface area contributed by atoms with Crippen molar-refractivity contribution in [2.75, 3.05) is 6.54 Å². The molecule has 3 heteroatoms. The first-order chi connectivity index (χ1) is 4.39. The highest BCUT2D eigenvalue weighted by Gasteiger charge is 2.24. The molecule has 0 saturated carbocycles. The second kappa shape index (κ2) is 3.01. The summed E-state index contributed by atoms with van der Waals surface area (Å²) in [6, 6.07) is 0. The summed E-state index contributed by atoms with van der Waals surface area (Å²) < 4.78 is 0. The van der Waals surface area contributed by atoms with Crippen LogP contribution < -0.4 is 5.84 Å². The van der Waals surface area contributed by atoms with Crippen molar-refractivity contribution in [2.45, 2.75) is 27.7 Å².